The second-order valence-corrected chi connectivity index (χ2v) is 7.30. The van der Waals surface area contributed by atoms with Crippen molar-refractivity contribution in [3.63, 3.8) is 0 Å². The summed E-state index contributed by atoms with van der Waals surface area (Å²) >= 11 is 0. The van der Waals surface area contributed by atoms with Crippen molar-refractivity contribution in [1.82, 2.24) is 14.5 Å². The van der Waals surface area contributed by atoms with Gasteiger partial charge in [-0.1, -0.05) is 34.1 Å². The highest BCUT2D eigenvalue weighted by molar-refractivity contribution is 5.96. The molecule has 30 heavy (non-hydrogen) atoms. The number of H-pyrrole nitrogens is 1. The van der Waals surface area contributed by atoms with Gasteiger partial charge in [0.1, 0.15) is 5.82 Å². The fraction of sp³-hybridized carbons (Fsp3) is 0.700. The maximum atomic E-state index is 13.2. The van der Waals surface area contributed by atoms with Crippen molar-refractivity contribution in [2.75, 3.05) is 43.9 Å². The van der Waals surface area contributed by atoms with E-state index in [9.17, 15) is 19.2 Å². The Hall–Kier alpha value is -2.62. The third-order valence-electron chi connectivity index (χ3n) is 4.91. The molecule has 0 aliphatic carbocycles. The van der Waals surface area contributed by atoms with E-state index in [1.807, 2.05) is 25.7 Å². The monoisotopic (exact) mass is 425 g/mol. The minimum Gasteiger partial charge on any atom is -0.469 e. The zero-order chi connectivity index (χ0) is 22.8. The highest BCUT2D eigenvalue weighted by atomic mass is 16.5. The standard InChI is InChI=1S/C20H35N5O5/c1-6-9-11-24(15(26)13-23(8-3)12-14(4)19(28)30-5)16-17(21)25(10-7-2)20(29)22-18(16)27/h14H,6-13,21H2,1-5H3,(H,22,27,29). The van der Waals surface area contributed by atoms with E-state index in [1.165, 1.54) is 16.6 Å². The molecule has 0 radical (unpaired) electrons. The lowest BCUT2D eigenvalue weighted by atomic mass is 10.1. The molecule has 0 aliphatic rings. The van der Waals surface area contributed by atoms with Crippen molar-refractivity contribution in [3.8, 4) is 0 Å². The molecule has 0 aliphatic heterocycles. The number of aromatic nitrogens is 2. The van der Waals surface area contributed by atoms with Crippen LogP contribution in [0.1, 0.15) is 47.0 Å². The van der Waals surface area contributed by atoms with Crippen molar-refractivity contribution < 1.29 is 14.3 Å². The molecule has 1 heterocycles. The summed E-state index contributed by atoms with van der Waals surface area (Å²) < 4.78 is 6.03. The van der Waals surface area contributed by atoms with Gasteiger partial charge in [0.15, 0.2) is 5.69 Å². The van der Waals surface area contributed by atoms with Crippen molar-refractivity contribution in [1.29, 1.82) is 0 Å². The Morgan fingerprint density at radius 2 is 1.87 bits per heavy atom. The number of methoxy groups -OCH3 is 1. The third-order valence-corrected chi connectivity index (χ3v) is 4.91. The Morgan fingerprint density at radius 3 is 2.40 bits per heavy atom. The number of esters is 1. The normalized spacial score (nSPS) is 12.1. The van der Waals surface area contributed by atoms with Crippen LogP contribution in [0.5, 0.6) is 0 Å². The first-order valence-corrected chi connectivity index (χ1v) is 10.4. The molecule has 1 aromatic rings. The molecule has 1 amide bonds. The minimum atomic E-state index is -0.680. The molecule has 1 aromatic heterocycles. The number of aromatic amines is 1. The third kappa shape index (κ3) is 6.45. The first kappa shape index (κ1) is 25.4. The van der Waals surface area contributed by atoms with Gasteiger partial charge < -0.3 is 15.4 Å². The maximum absolute atomic E-state index is 13.2. The van der Waals surface area contributed by atoms with Crippen molar-refractivity contribution in [3.05, 3.63) is 20.8 Å². The average molecular weight is 426 g/mol. The lowest BCUT2D eigenvalue weighted by Crippen LogP contribution is -2.46. The van der Waals surface area contributed by atoms with Crippen LogP contribution in [0.2, 0.25) is 0 Å². The number of nitrogens with two attached hydrogens (primary N) is 1. The Morgan fingerprint density at radius 1 is 1.20 bits per heavy atom. The summed E-state index contributed by atoms with van der Waals surface area (Å²) in [6, 6.07) is 0. The van der Waals surface area contributed by atoms with Crippen LogP contribution in [0, 0.1) is 5.92 Å². The summed E-state index contributed by atoms with van der Waals surface area (Å²) in [5.41, 5.74) is 4.89. The minimum absolute atomic E-state index is 0.00132. The summed E-state index contributed by atoms with van der Waals surface area (Å²) in [6.07, 6.45) is 2.13. The lowest BCUT2D eigenvalue weighted by molar-refractivity contribution is -0.145. The Bertz CT molecular complexity index is 832. The number of anilines is 2. The fourth-order valence-electron chi connectivity index (χ4n) is 3.21. The molecule has 0 saturated carbocycles. The lowest BCUT2D eigenvalue weighted by Gasteiger charge is -2.28. The number of hydrogen-bond donors (Lipinski definition) is 2. The van der Waals surface area contributed by atoms with Crippen molar-refractivity contribution in [2.45, 2.75) is 53.5 Å². The Balaban J connectivity index is 3.25. The first-order valence-electron chi connectivity index (χ1n) is 10.4. The van der Waals surface area contributed by atoms with Gasteiger partial charge in [0.2, 0.25) is 5.91 Å². The molecule has 0 spiro atoms. The highest BCUT2D eigenvalue weighted by Gasteiger charge is 2.26. The van der Waals surface area contributed by atoms with E-state index in [0.29, 0.717) is 39.0 Å². The van der Waals surface area contributed by atoms with Crippen LogP contribution < -0.4 is 21.9 Å². The molecule has 0 aromatic carbocycles. The average Bonchev–Trinajstić information content (AvgIpc) is 2.71. The largest absolute Gasteiger partial charge is 0.469 e. The Labute approximate surface area is 177 Å². The van der Waals surface area contributed by atoms with Crippen LogP contribution >= 0.6 is 0 Å². The highest BCUT2D eigenvalue weighted by Crippen LogP contribution is 2.18. The van der Waals surface area contributed by atoms with Crippen LogP contribution in [0.25, 0.3) is 0 Å². The van der Waals surface area contributed by atoms with Gasteiger partial charge in [-0.05, 0) is 19.4 Å². The van der Waals surface area contributed by atoms with Gasteiger partial charge in [-0.25, -0.2) is 4.79 Å². The predicted octanol–water partition coefficient (Wildman–Crippen LogP) is 0.793. The number of hydrogen-bond acceptors (Lipinski definition) is 7. The van der Waals surface area contributed by atoms with E-state index < -0.39 is 17.2 Å². The summed E-state index contributed by atoms with van der Waals surface area (Å²) in [7, 11) is 1.33. The van der Waals surface area contributed by atoms with Gasteiger partial charge in [0.25, 0.3) is 5.56 Å². The van der Waals surface area contributed by atoms with Crippen LogP contribution in [0.15, 0.2) is 9.59 Å². The van der Waals surface area contributed by atoms with E-state index in [0.717, 1.165) is 6.42 Å². The van der Waals surface area contributed by atoms with Gasteiger partial charge in [0, 0.05) is 19.6 Å². The second kappa shape index (κ2) is 12.2. The van der Waals surface area contributed by atoms with E-state index in [1.54, 1.807) is 6.92 Å². The van der Waals surface area contributed by atoms with Gasteiger partial charge in [-0.3, -0.25) is 28.8 Å². The van der Waals surface area contributed by atoms with E-state index in [2.05, 4.69) is 4.98 Å². The van der Waals surface area contributed by atoms with Crippen LogP contribution in [0.3, 0.4) is 0 Å². The number of carbonyl (C=O) groups is 2. The summed E-state index contributed by atoms with van der Waals surface area (Å²) in [5.74, 6) is -1.08. The van der Waals surface area contributed by atoms with E-state index >= 15 is 0 Å². The first-order chi connectivity index (χ1) is 14.2. The Kier molecular flexibility index (Phi) is 10.3. The van der Waals surface area contributed by atoms with E-state index in [4.69, 9.17) is 10.5 Å². The van der Waals surface area contributed by atoms with Crippen molar-refractivity contribution >= 4 is 23.4 Å². The maximum Gasteiger partial charge on any atom is 0.330 e. The van der Waals surface area contributed by atoms with Crippen LogP contribution in [0.4, 0.5) is 11.5 Å². The molecule has 3 N–H and O–H groups in total. The molecule has 1 unspecified atom stereocenters. The zero-order valence-corrected chi connectivity index (χ0v) is 18.7. The van der Waals surface area contributed by atoms with Crippen LogP contribution in [-0.2, 0) is 20.9 Å². The van der Waals surface area contributed by atoms with Crippen LogP contribution in [-0.4, -0.2) is 59.6 Å². The number of nitrogens with one attached hydrogen (secondary N) is 1. The molecule has 10 heteroatoms. The molecule has 10 nitrogen and oxygen atoms in total. The number of carbonyl (C=O) groups excluding carboxylic acids is 2. The van der Waals surface area contributed by atoms with Gasteiger partial charge in [-0.15, -0.1) is 0 Å². The number of amides is 1. The topological polar surface area (TPSA) is 131 Å². The number of likely N-dealkylation sites (N-methyl/N-ethyl adjacent to an activating group) is 1. The number of unbranched alkanes of at least 4 members (excludes halogenated alkanes) is 1. The summed E-state index contributed by atoms with van der Waals surface area (Å²) in [4.78, 5) is 55.0. The smallest absolute Gasteiger partial charge is 0.330 e. The van der Waals surface area contributed by atoms with E-state index in [-0.39, 0.29) is 29.9 Å². The predicted molar refractivity (Wildman–Crippen MR) is 117 cm³/mol. The molecule has 1 rings (SSSR count). The van der Waals surface area contributed by atoms with Gasteiger partial charge >= 0.3 is 11.7 Å². The molecular formula is C20H35N5O5. The molecule has 0 bridgehead atoms. The quantitative estimate of drug-likeness (QED) is 0.473. The molecule has 1 atom stereocenters. The van der Waals surface area contributed by atoms with Crippen molar-refractivity contribution in [2.24, 2.45) is 5.92 Å². The SMILES string of the molecule is CCCCN(C(=O)CN(CC)CC(C)C(=O)OC)c1c(N)n(CCC)c(=O)[nH]c1=O. The fourth-order valence-corrected chi connectivity index (χ4v) is 3.21. The molecular weight excluding hydrogens is 390 g/mol. The number of nitrogens with zero attached hydrogens (tertiary/aromatic N) is 3. The van der Waals surface area contributed by atoms with Gasteiger partial charge in [0.05, 0.1) is 19.6 Å². The van der Waals surface area contributed by atoms with Gasteiger partial charge in [-0.2, -0.15) is 0 Å². The molecule has 0 saturated heterocycles. The molecule has 170 valence electrons. The summed E-state index contributed by atoms with van der Waals surface area (Å²) in [6.45, 7) is 9.01. The molecule has 0 fully saturated rings. The number of nitrogen functional groups attached to an aromatic ring is 1. The second-order valence-electron chi connectivity index (χ2n) is 7.30. The zero-order valence-electron chi connectivity index (χ0n) is 18.7. The number of rotatable bonds is 12. The number of ether oxygens (including phenoxy) is 1. The summed E-state index contributed by atoms with van der Waals surface area (Å²) in [5, 5.41) is 0.